The van der Waals surface area contributed by atoms with Gasteiger partial charge >= 0.3 is 6.36 Å². The molecule has 1 aliphatic rings. The molecule has 1 N–H and O–H groups in total. The van der Waals surface area contributed by atoms with E-state index in [-0.39, 0.29) is 11.7 Å². The van der Waals surface area contributed by atoms with Crippen LogP contribution in [0.2, 0.25) is 0 Å². The minimum absolute atomic E-state index is 0.169. The maximum atomic E-state index is 12.8. The van der Waals surface area contributed by atoms with E-state index in [0.717, 1.165) is 0 Å². The Kier molecular flexibility index (Phi) is 5.03. The summed E-state index contributed by atoms with van der Waals surface area (Å²) in [7, 11) is 1.54. The lowest BCUT2D eigenvalue weighted by Crippen LogP contribution is -2.44. The van der Waals surface area contributed by atoms with Crippen LogP contribution in [0, 0.1) is 0 Å². The summed E-state index contributed by atoms with van der Waals surface area (Å²) in [6.07, 6.45) is -5.27. The summed E-state index contributed by atoms with van der Waals surface area (Å²) in [5.74, 6) is -0.482. The molecule has 0 aliphatic carbocycles. The van der Waals surface area contributed by atoms with Gasteiger partial charge < -0.3 is 19.7 Å². The van der Waals surface area contributed by atoms with Gasteiger partial charge in [-0.2, -0.15) is 0 Å². The van der Waals surface area contributed by atoms with Crippen LogP contribution >= 0.6 is 0 Å². The number of benzene rings is 2. The number of alkyl halides is 3. The summed E-state index contributed by atoms with van der Waals surface area (Å²) in [4.78, 5) is 14.4. The van der Waals surface area contributed by atoms with Crippen LogP contribution in [-0.4, -0.2) is 37.4 Å². The fourth-order valence-corrected chi connectivity index (χ4v) is 2.83. The maximum absolute atomic E-state index is 12.8. The summed E-state index contributed by atoms with van der Waals surface area (Å²) >= 11 is 0. The Hall–Kier alpha value is -2.74. The number of amides is 1. The third-order valence-electron chi connectivity index (χ3n) is 3.99. The van der Waals surface area contributed by atoms with Crippen molar-refractivity contribution in [3.8, 4) is 5.75 Å². The van der Waals surface area contributed by atoms with Crippen molar-refractivity contribution < 1.29 is 27.4 Å². The van der Waals surface area contributed by atoms with Crippen molar-refractivity contribution in [2.45, 2.75) is 12.5 Å². The molecule has 0 spiro atoms. The van der Waals surface area contributed by atoms with Gasteiger partial charge in [0.1, 0.15) is 11.9 Å². The van der Waals surface area contributed by atoms with Crippen LogP contribution in [-0.2, 0) is 4.74 Å². The summed E-state index contributed by atoms with van der Waals surface area (Å²) in [6.45, 7) is 0.670. The quantitative estimate of drug-likeness (QED) is 0.875. The fourth-order valence-electron chi connectivity index (χ4n) is 2.83. The topological polar surface area (TPSA) is 50.8 Å². The van der Waals surface area contributed by atoms with E-state index >= 15 is 0 Å². The molecule has 0 fully saturated rings. The number of methoxy groups -OCH3 is 1. The number of carbonyl (C=O) groups is 1. The lowest BCUT2D eigenvalue weighted by molar-refractivity contribution is -0.274. The normalized spacial score (nSPS) is 16.8. The smallest absolute Gasteiger partial charge is 0.406 e. The fraction of sp³-hybridized carbons (Fsp3) is 0.278. The molecular formula is C18H17F3N2O3. The molecule has 1 unspecified atom stereocenters. The van der Waals surface area contributed by atoms with Gasteiger partial charge in [-0.3, -0.25) is 4.79 Å². The van der Waals surface area contributed by atoms with Crippen LogP contribution in [0.25, 0.3) is 0 Å². The highest BCUT2D eigenvalue weighted by Crippen LogP contribution is 2.34. The van der Waals surface area contributed by atoms with E-state index in [2.05, 4.69) is 10.1 Å². The van der Waals surface area contributed by atoms with Gasteiger partial charge in [-0.15, -0.1) is 13.2 Å². The van der Waals surface area contributed by atoms with Crippen molar-refractivity contribution in [2.75, 3.05) is 25.6 Å². The van der Waals surface area contributed by atoms with Crippen molar-refractivity contribution >= 4 is 11.6 Å². The molecule has 1 atom stereocenters. The number of hydrogen-bond donors (Lipinski definition) is 1. The number of halogens is 3. The Bertz CT molecular complexity index is 778. The molecule has 0 bridgehead atoms. The number of nitrogens with zero attached hydrogens (tertiary/aromatic N) is 1. The summed E-state index contributed by atoms with van der Waals surface area (Å²) in [6, 6.07) is 12.5. The van der Waals surface area contributed by atoms with E-state index < -0.39 is 12.5 Å². The van der Waals surface area contributed by atoms with Crippen LogP contribution in [0.5, 0.6) is 5.75 Å². The zero-order chi connectivity index (χ0) is 18.7. The molecule has 8 heteroatoms. The third-order valence-corrected chi connectivity index (χ3v) is 3.99. The van der Waals surface area contributed by atoms with E-state index in [1.165, 1.54) is 31.4 Å². The molecule has 26 heavy (non-hydrogen) atoms. The molecule has 0 aromatic heterocycles. The molecule has 1 heterocycles. The molecule has 1 amide bonds. The first-order valence-electron chi connectivity index (χ1n) is 7.90. The first-order valence-corrected chi connectivity index (χ1v) is 7.90. The van der Waals surface area contributed by atoms with Gasteiger partial charge in [0, 0.05) is 19.3 Å². The Morgan fingerprint density at radius 2 is 1.81 bits per heavy atom. The average molecular weight is 366 g/mol. The predicted molar refractivity (Wildman–Crippen MR) is 88.8 cm³/mol. The largest absolute Gasteiger partial charge is 0.573 e. The minimum Gasteiger partial charge on any atom is -0.406 e. The molecular weight excluding hydrogens is 349 g/mol. The van der Waals surface area contributed by atoms with E-state index in [9.17, 15) is 18.0 Å². The van der Waals surface area contributed by atoms with E-state index in [4.69, 9.17) is 4.74 Å². The first-order chi connectivity index (χ1) is 12.4. The number of para-hydroxylation sites is 1. The number of ether oxygens (including phenoxy) is 2. The number of fused-ring (bicyclic) bond motifs is 1. The van der Waals surface area contributed by atoms with Gasteiger partial charge in [0.15, 0.2) is 0 Å². The minimum atomic E-state index is -4.75. The van der Waals surface area contributed by atoms with Crippen molar-refractivity contribution in [3.05, 3.63) is 59.7 Å². The van der Waals surface area contributed by atoms with Crippen molar-refractivity contribution in [1.82, 2.24) is 4.90 Å². The second-order valence-corrected chi connectivity index (χ2v) is 5.70. The summed E-state index contributed by atoms with van der Waals surface area (Å²) in [5.41, 5.74) is 1.85. The summed E-state index contributed by atoms with van der Waals surface area (Å²) < 4.78 is 45.9. The van der Waals surface area contributed by atoms with Gasteiger partial charge in [0.25, 0.3) is 5.91 Å². The molecule has 5 nitrogen and oxygen atoms in total. The zero-order valence-electron chi connectivity index (χ0n) is 13.9. The Morgan fingerprint density at radius 1 is 1.12 bits per heavy atom. The van der Waals surface area contributed by atoms with Crippen molar-refractivity contribution in [3.63, 3.8) is 0 Å². The van der Waals surface area contributed by atoms with Crippen molar-refractivity contribution in [2.24, 2.45) is 0 Å². The highest BCUT2D eigenvalue weighted by Gasteiger charge is 2.33. The Labute approximate surface area is 148 Å². The van der Waals surface area contributed by atoms with Gasteiger partial charge in [-0.25, -0.2) is 0 Å². The molecule has 0 saturated carbocycles. The second-order valence-electron chi connectivity index (χ2n) is 5.70. The average Bonchev–Trinajstić information content (AvgIpc) is 2.60. The highest BCUT2D eigenvalue weighted by atomic mass is 19.4. The zero-order valence-corrected chi connectivity index (χ0v) is 13.9. The Morgan fingerprint density at radius 3 is 2.46 bits per heavy atom. The lowest BCUT2D eigenvalue weighted by Gasteiger charge is -2.38. The van der Waals surface area contributed by atoms with Gasteiger partial charge in [-0.05, 0) is 29.8 Å². The third kappa shape index (κ3) is 3.91. The molecule has 1 aliphatic heterocycles. The molecule has 3 rings (SSSR count). The molecule has 138 valence electrons. The van der Waals surface area contributed by atoms with Crippen LogP contribution in [0.4, 0.5) is 18.9 Å². The highest BCUT2D eigenvalue weighted by molar-refractivity contribution is 6.01. The predicted octanol–water partition coefficient (Wildman–Crippen LogP) is 3.80. The van der Waals surface area contributed by atoms with Crippen LogP contribution in [0.3, 0.4) is 0 Å². The van der Waals surface area contributed by atoms with Gasteiger partial charge in [0.05, 0.1) is 12.2 Å². The number of hydrogen-bond acceptors (Lipinski definition) is 4. The van der Waals surface area contributed by atoms with Crippen LogP contribution in [0.1, 0.15) is 22.1 Å². The van der Waals surface area contributed by atoms with Crippen LogP contribution in [0.15, 0.2) is 48.5 Å². The number of rotatable bonds is 5. The number of anilines is 1. The van der Waals surface area contributed by atoms with E-state index in [1.54, 1.807) is 29.2 Å². The van der Waals surface area contributed by atoms with Crippen molar-refractivity contribution in [1.29, 1.82) is 0 Å². The number of nitrogens with one attached hydrogen (secondary N) is 1. The monoisotopic (exact) mass is 366 g/mol. The molecule has 0 saturated heterocycles. The molecule has 2 aromatic carbocycles. The molecule has 0 radical (unpaired) electrons. The second kappa shape index (κ2) is 7.25. The standard InChI is InChI=1S/C18H17F3N2O3/c1-25-11-10-23-16(22-15-5-3-2-4-14(15)17(23)24)12-6-8-13(9-7-12)26-18(19,20)21/h2-9,16,22H,10-11H2,1H3. The summed E-state index contributed by atoms with van der Waals surface area (Å²) in [5, 5.41) is 3.26. The molecule has 2 aromatic rings. The van der Waals surface area contributed by atoms with Gasteiger partial charge in [-0.1, -0.05) is 24.3 Å². The maximum Gasteiger partial charge on any atom is 0.573 e. The van der Waals surface area contributed by atoms with Gasteiger partial charge in [0.2, 0.25) is 0 Å². The van der Waals surface area contributed by atoms with E-state index in [1.807, 2.05) is 0 Å². The SMILES string of the molecule is COCCN1C(=O)c2ccccc2NC1c1ccc(OC(F)(F)F)cc1. The Balaban J connectivity index is 1.89. The number of carbonyl (C=O) groups excluding carboxylic acids is 1. The van der Waals surface area contributed by atoms with E-state index in [0.29, 0.717) is 30.0 Å². The lowest BCUT2D eigenvalue weighted by atomic mass is 10.0. The first kappa shape index (κ1) is 18.1. The van der Waals surface area contributed by atoms with Crippen LogP contribution < -0.4 is 10.1 Å².